The van der Waals surface area contributed by atoms with E-state index in [0.717, 1.165) is 11.6 Å². The standard InChI is InChI=1S/C14H14N2O5S/c1-8-2-4-13(11(15)6-8)21-12-5-3-9(22(16,19)20)7-10(12)14(17)18/h2-7H,15H2,1H3,(H,17,18)(H2,16,19,20). The summed E-state index contributed by atoms with van der Waals surface area (Å²) < 4.78 is 28.1. The lowest BCUT2D eigenvalue weighted by Crippen LogP contribution is -2.13. The zero-order valence-corrected chi connectivity index (χ0v) is 12.4. The minimum atomic E-state index is -4.01. The molecule has 0 saturated carbocycles. The second kappa shape index (κ2) is 5.66. The molecule has 2 aromatic carbocycles. The number of sulfonamides is 1. The van der Waals surface area contributed by atoms with E-state index in [2.05, 4.69) is 0 Å². The molecule has 0 atom stereocenters. The number of hydrogen-bond donors (Lipinski definition) is 3. The van der Waals surface area contributed by atoms with E-state index in [1.807, 2.05) is 6.92 Å². The molecule has 116 valence electrons. The van der Waals surface area contributed by atoms with E-state index in [4.69, 9.17) is 15.6 Å². The average Bonchev–Trinajstić information content (AvgIpc) is 2.40. The van der Waals surface area contributed by atoms with Crippen molar-refractivity contribution in [3.05, 3.63) is 47.5 Å². The number of hydrogen-bond acceptors (Lipinski definition) is 5. The monoisotopic (exact) mass is 322 g/mol. The van der Waals surface area contributed by atoms with Crippen molar-refractivity contribution in [3.63, 3.8) is 0 Å². The van der Waals surface area contributed by atoms with Gasteiger partial charge in [-0.05, 0) is 42.8 Å². The summed E-state index contributed by atoms with van der Waals surface area (Å²) in [6.07, 6.45) is 0. The number of benzene rings is 2. The van der Waals surface area contributed by atoms with E-state index in [1.165, 1.54) is 12.1 Å². The largest absolute Gasteiger partial charge is 0.478 e. The van der Waals surface area contributed by atoms with E-state index in [-0.39, 0.29) is 22.0 Å². The lowest BCUT2D eigenvalue weighted by Gasteiger charge is -2.12. The number of carboxylic acids is 1. The zero-order chi connectivity index (χ0) is 16.5. The molecule has 0 aliphatic heterocycles. The Kier molecular flexibility index (Phi) is 4.07. The number of primary sulfonamides is 1. The van der Waals surface area contributed by atoms with E-state index in [9.17, 15) is 18.3 Å². The highest BCUT2D eigenvalue weighted by Crippen LogP contribution is 2.31. The number of rotatable bonds is 4. The van der Waals surface area contributed by atoms with Crippen molar-refractivity contribution in [1.82, 2.24) is 0 Å². The Morgan fingerprint density at radius 3 is 2.32 bits per heavy atom. The molecule has 0 heterocycles. The third-order valence-corrected chi connectivity index (χ3v) is 3.81. The highest BCUT2D eigenvalue weighted by atomic mass is 32.2. The van der Waals surface area contributed by atoms with Crippen LogP contribution in [0.2, 0.25) is 0 Å². The van der Waals surface area contributed by atoms with Gasteiger partial charge in [0.2, 0.25) is 10.0 Å². The molecule has 2 aromatic rings. The minimum Gasteiger partial charge on any atom is -0.478 e. The fourth-order valence-corrected chi connectivity index (χ4v) is 2.36. The van der Waals surface area contributed by atoms with Crippen LogP contribution in [0.1, 0.15) is 15.9 Å². The molecule has 0 bridgehead atoms. The molecule has 0 aliphatic rings. The summed E-state index contributed by atoms with van der Waals surface area (Å²) in [5.74, 6) is -1.10. The van der Waals surface area contributed by atoms with Crippen LogP contribution in [0.25, 0.3) is 0 Å². The lowest BCUT2D eigenvalue weighted by atomic mass is 10.2. The van der Waals surface area contributed by atoms with Crippen LogP contribution >= 0.6 is 0 Å². The normalized spacial score (nSPS) is 11.2. The van der Waals surface area contributed by atoms with Crippen LogP contribution in [0, 0.1) is 6.92 Å². The van der Waals surface area contributed by atoms with Gasteiger partial charge in [0.15, 0.2) is 0 Å². The fourth-order valence-electron chi connectivity index (χ4n) is 1.82. The van der Waals surface area contributed by atoms with Crippen molar-refractivity contribution >= 4 is 21.7 Å². The zero-order valence-electron chi connectivity index (χ0n) is 11.6. The number of aromatic carboxylic acids is 1. The molecule has 0 radical (unpaired) electrons. The van der Waals surface area contributed by atoms with Crippen molar-refractivity contribution in [2.45, 2.75) is 11.8 Å². The van der Waals surface area contributed by atoms with Gasteiger partial charge in [-0.1, -0.05) is 6.07 Å². The van der Waals surface area contributed by atoms with Crippen LogP contribution in [-0.2, 0) is 10.0 Å². The van der Waals surface area contributed by atoms with E-state index >= 15 is 0 Å². The SMILES string of the molecule is Cc1ccc(Oc2ccc(S(N)(=O)=O)cc2C(=O)O)c(N)c1. The van der Waals surface area contributed by atoms with Gasteiger partial charge < -0.3 is 15.6 Å². The second-order valence-electron chi connectivity index (χ2n) is 4.65. The number of nitrogens with two attached hydrogens (primary N) is 2. The molecule has 0 aromatic heterocycles. The van der Waals surface area contributed by atoms with Crippen molar-refractivity contribution < 1.29 is 23.1 Å². The van der Waals surface area contributed by atoms with Gasteiger partial charge in [0.1, 0.15) is 17.1 Å². The van der Waals surface area contributed by atoms with Gasteiger partial charge in [0.25, 0.3) is 0 Å². The van der Waals surface area contributed by atoms with Crippen molar-refractivity contribution in [2.75, 3.05) is 5.73 Å². The van der Waals surface area contributed by atoms with Crippen LogP contribution in [0.5, 0.6) is 11.5 Å². The summed E-state index contributed by atoms with van der Waals surface area (Å²) in [7, 11) is -4.01. The summed E-state index contributed by atoms with van der Waals surface area (Å²) >= 11 is 0. The summed E-state index contributed by atoms with van der Waals surface area (Å²) in [4.78, 5) is 11.0. The molecule has 0 saturated heterocycles. The predicted octanol–water partition coefficient (Wildman–Crippen LogP) is 1.72. The third-order valence-electron chi connectivity index (χ3n) is 2.90. The highest BCUT2D eigenvalue weighted by molar-refractivity contribution is 7.89. The maximum Gasteiger partial charge on any atom is 0.339 e. The number of carbonyl (C=O) groups is 1. The first-order chi connectivity index (χ1) is 10.2. The third kappa shape index (κ3) is 3.35. The van der Waals surface area contributed by atoms with Crippen molar-refractivity contribution in [1.29, 1.82) is 0 Å². The molecule has 0 aliphatic carbocycles. The van der Waals surface area contributed by atoms with Crippen LogP contribution in [0.15, 0.2) is 41.3 Å². The van der Waals surface area contributed by atoms with Gasteiger partial charge in [-0.2, -0.15) is 0 Å². The summed E-state index contributed by atoms with van der Waals surface area (Å²) in [5, 5.41) is 14.2. The summed E-state index contributed by atoms with van der Waals surface area (Å²) in [6, 6.07) is 8.37. The molecule has 0 unspecified atom stereocenters. The Hall–Kier alpha value is -2.58. The maximum absolute atomic E-state index is 11.3. The molecule has 5 N–H and O–H groups in total. The molecule has 2 rings (SSSR count). The van der Waals surface area contributed by atoms with Gasteiger partial charge in [0, 0.05) is 0 Å². The molecule has 8 heteroatoms. The lowest BCUT2D eigenvalue weighted by molar-refractivity contribution is 0.0694. The predicted molar refractivity (Wildman–Crippen MR) is 80.4 cm³/mol. The topological polar surface area (TPSA) is 133 Å². The minimum absolute atomic E-state index is 0.0320. The maximum atomic E-state index is 11.3. The van der Waals surface area contributed by atoms with Crippen LogP contribution in [0.3, 0.4) is 0 Å². The quantitative estimate of drug-likeness (QED) is 0.734. The molecule has 0 fully saturated rings. The van der Waals surface area contributed by atoms with Gasteiger partial charge in [-0.15, -0.1) is 0 Å². The molecule has 0 spiro atoms. The average molecular weight is 322 g/mol. The van der Waals surface area contributed by atoms with E-state index < -0.39 is 16.0 Å². The van der Waals surface area contributed by atoms with Gasteiger partial charge >= 0.3 is 5.97 Å². The number of carboxylic acid groups (broad SMARTS) is 1. The van der Waals surface area contributed by atoms with E-state index in [0.29, 0.717) is 5.69 Å². The fraction of sp³-hybridized carbons (Fsp3) is 0.0714. The van der Waals surface area contributed by atoms with Crippen LogP contribution in [-0.4, -0.2) is 19.5 Å². The molecular formula is C14H14N2O5S. The number of aryl methyl sites for hydroxylation is 1. The number of ether oxygens (including phenoxy) is 1. The van der Waals surface area contributed by atoms with E-state index in [1.54, 1.807) is 18.2 Å². The van der Waals surface area contributed by atoms with Gasteiger partial charge in [0.05, 0.1) is 10.6 Å². The van der Waals surface area contributed by atoms with Crippen molar-refractivity contribution in [2.24, 2.45) is 5.14 Å². The first kappa shape index (κ1) is 15.8. The van der Waals surface area contributed by atoms with Gasteiger partial charge in [-0.25, -0.2) is 18.4 Å². The highest BCUT2D eigenvalue weighted by Gasteiger charge is 2.18. The first-order valence-corrected chi connectivity index (χ1v) is 7.67. The second-order valence-corrected chi connectivity index (χ2v) is 6.21. The Labute approximate surface area is 127 Å². The van der Waals surface area contributed by atoms with Crippen LogP contribution in [0.4, 0.5) is 5.69 Å². The summed E-state index contributed by atoms with van der Waals surface area (Å²) in [6.45, 7) is 1.85. The number of anilines is 1. The molecule has 7 nitrogen and oxygen atoms in total. The summed E-state index contributed by atoms with van der Waals surface area (Å²) in [5.41, 5.74) is 6.74. The number of nitrogen functional groups attached to an aromatic ring is 1. The molecule has 0 amide bonds. The Morgan fingerprint density at radius 1 is 1.14 bits per heavy atom. The van der Waals surface area contributed by atoms with Gasteiger partial charge in [-0.3, -0.25) is 0 Å². The first-order valence-electron chi connectivity index (χ1n) is 6.12. The van der Waals surface area contributed by atoms with Crippen LogP contribution < -0.4 is 15.6 Å². The molecular weight excluding hydrogens is 308 g/mol. The Morgan fingerprint density at radius 2 is 1.77 bits per heavy atom. The Balaban J connectivity index is 2.49. The Bertz CT molecular complexity index is 846. The molecule has 22 heavy (non-hydrogen) atoms. The van der Waals surface area contributed by atoms with Crippen molar-refractivity contribution in [3.8, 4) is 11.5 Å². The smallest absolute Gasteiger partial charge is 0.339 e.